The number of benzene rings is 1. The van der Waals surface area contributed by atoms with Crippen molar-refractivity contribution in [3.63, 3.8) is 0 Å². The first kappa shape index (κ1) is 23.3. The second-order valence-corrected chi connectivity index (χ2v) is 9.25. The number of likely N-dealkylation sites (tertiary alicyclic amines) is 1. The lowest BCUT2D eigenvalue weighted by Crippen LogP contribution is -2.36. The third kappa shape index (κ3) is 5.15. The molecule has 3 aromatic rings. The first-order chi connectivity index (χ1) is 17.1. The van der Waals surface area contributed by atoms with Crippen molar-refractivity contribution < 1.29 is 23.8 Å². The molecule has 2 aromatic heterocycles. The molecule has 2 fully saturated rings. The van der Waals surface area contributed by atoms with E-state index in [0.717, 1.165) is 36.4 Å². The number of carbonyl (C=O) groups excluding carboxylic acids is 2. The number of nitrogens with zero attached hydrogens (tertiary/aromatic N) is 4. The van der Waals surface area contributed by atoms with Gasteiger partial charge in [-0.15, -0.1) is 0 Å². The zero-order valence-corrected chi connectivity index (χ0v) is 20.3. The van der Waals surface area contributed by atoms with Gasteiger partial charge in [0.2, 0.25) is 11.8 Å². The quantitative estimate of drug-likeness (QED) is 0.507. The van der Waals surface area contributed by atoms with Crippen LogP contribution in [0.4, 0.5) is 10.8 Å². The van der Waals surface area contributed by atoms with Gasteiger partial charge in [0.15, 0.2) is 5.13 Å². The second kappa shape index (κ2) is 10.4. The summed E-state index contributed by atoms with van der Waals surface area (Å²) in [6.07, 6.45) is 3.01. The molecule has 0 spiro atoms. The van der Waals surface area contributed by atoms with Gasteiger partial charge in [0.05, 0.1) is 37.3 Å². The lowest BCUT2D eigenvalue weighted by Gasteiger charge is -2.29. The molecule has 4 heterocycles. The fourth-order valence-electron chi connectivity index (χ4n) is 4.24. The molecule has 1 N–H and O–H groups in total. The van der Waals surface area contributed by atoms with E-state index in [0.29, 0.717) is 60.6 Å². The molecule has 1 aromatic carbocycles. The van der Waals surface area contributed by atoms with Gasteiger partial charge >= 0.3 is 0 Å². The van der Waals surface area contributed by atoms with Gasteiger partial charge in [0, 0.05) is 43.9 Å². The molecular weight excluding hydrogens is 470 g/mol. The monoisotopic (exact) mass is 497 g/mol. The Morgan fingerprint density at radius 2 is 2.09 bits per heavy atom. The summed E-state index contributed by atoms with van der Waals surface area (Å²) in [7, 11) is 1.61. The van der Waals surface area contributed by atoms with Crippen molar-refractivity contribution in [3.05, 3.63) is 36.0 Å². The maximum Gasteiger partial charge on any atom is 0.257 e. The Kier molecular flexibility index (Phi) is 6.96. The molecule has 11 heteroatoms. The smallest absolute Gasteiger partial charge is 0.257 e. The standard InChI is InChI=1S/C24H27N5O5S/c1-32-18-5-4-17(28-9-12-33-13-10-28)22-21(18)26-24(35-22)27-23(31)16-6-7-25-19(15-16)34-14-11-29-8-2-3-20(29)30/h4-7,15H,2-3,8-14H2,1H3,(H,26,27,31). The number of methoxy groups -OCH3 is 1. The Morgan fingerprint density at radius 1 is 1.23 bits per heavy atom. The topological polar surface area (TPSA) is 106 Å². The van der Waals surface area contributed by atoms with Gasteiger partial charge in [-0.1, -0.05) is 11.3 Å². The summed E-state index contributed by atoms with van der Waals surface area (Å²) < 4.78 is 17.6. The predicted molar refractivity (Wildman–Crippen MR) is 133 cm³/mol. The minimum Gasteiger partial charge on any atom is -0.494 e. The molecule has 0 radical (unpaired) electrons. The van der Waals surface area contributed by atoms with Crippen LogP contribution in [0.5, 0.6) is 11.6 Å². The van der Waals surface area contributed by atoms with Crippen molar-refractivity contribution in [2.45, 2.75) is 12.8 Å². The van der Waals surface area contributed by atoms with Gasteiger partial charge < -0.3 is 24.0 Å². The van der Waals surface area contributed by atoms with Crippen LogP contribution in [-0.2, 0) is 9.53 Å². The molecule has 184 valence electrons. The molecule has 2 amide bonds. The number of hydrogen-bond acceptors (Lipinski definition) is 9. The Balaban J connectivity index is 1.29. The van der Waals surface area contributed by atoms with Gasteiger partial charge in [0.25, 0.3) is 5.91 Å². The third-order valence-corrected chi connectivity index (χ3v) is 7.05. The fraction of sp³-hybridized carbons (Fsp3) is 0.417. The van der Waals surface area contributed by atoms with E-state index in [1.807, 2.05) is 12.1 Å². The van der Waals surface area contributed by atoms with Gasteiger partial charge in [-0.3, -0.25) is 14.9 Å². The highest BCUT2D eigenvalue weighted by Gasteiger charge is 2.21. The highest BCUT2D eigenvalue weighted by Crippen LogP contribution is 2.39. The summed E-state index contributed by atoms with van der Waals surface area (Å²) in [6.45, 7) is 4.55. The number of ether oxygens (including phenoxy) is 3. The number of thiazole rings is 1. The van der Waals surface area contributed by atoms with Crippen molar-refractivity contribution in [2.24, 2.45) is 0 Å². The summed E-state index contributed by atoms with van der Waals surface area (Å²) in [5.41, 5.74) is 2.18. The van der Waals surface area contributed by atoms with Crippen LogP contribution >= 0.6 is 11.3 Å². The number of pyridine rings is 1. The first-order valence-corrected chi connectivity index (χ1v) is 12.4. The van der Waals surface area contributed by atoms with E-state index in [1.54, 1.807) is 24.1 Å². The minimum atomic E-state index is -0.307. The van der Waals surface area contributed by atoms with Crippen LogP contribution in [0.3, 0.4) is 0 Å². The van der Waals surface area contributed by atoms with E-state index in [9.17, 15) is 9.59 Å². The lowest BCUT2D eigenvalue weighted by atomic mass is 10.2. The van der Waals surface area contributed by atoms with Gasteiger partial charge in [-0.25, -0.2) is 9.97 Å². The number of carbonyl (C=O) groups is 2. The highest BCUT2D eigenvalue weighted by atomic mass is 32.1. The van der Waals surface area contributed by atoms with Crippen LogP contribution in [-0.4, -0.2) is 79.8 Å². The number of morpholine rings is 1. The van der Waals surface area contributed by atoms with Crippen LogP contribution in [0, 0.1) is 0 Å². The Bertz CT molecular complexity index is 1230. The summed E-state index contributed by atoms with van der Waals surface area (Å²) in [4.78, 5) is 37.6. The second-order valence-electron chi connectivity index (χ2n) is 8.25. The summed E-state index contributed by atoms with van der Waals surface area (Å²) in [5, 5.41) is 3.38. The van der Waals surface area contributed by atoms with Crippen LogP contribution in [0.25, 0.3) is 10.2 Å². The van der Waals surface area contributed by atoms with Crippen molar-refractivity contribution in [1.82, 2.24) is 14.9 Å². The number of rotatable bonds is 8. The third-order valence-electron chi connectivity index (χ3n) is 6.06. The molecule has 0 saturated carbocycles. The summed E-state index contributed by atoms with van der Waals surface area (Å²) in [5.74, 6) is 0.839. The van der Waals surface area contributed by atoms with E-state index in [4.69, 9.17) is 14.2 Å². The average molecular weight is 498 g/mol. The van der Waals surface area contributed by atoms with Crippen molar-refractivity contribution >= 4 is 44.2 Å². The average Bonchev–Trinajstić information content (AvgIpc) is 3.50. The molecule has 2 aliphatic rings. The van der Waals surface area contributed by atoms with E-state index in [1.165, 1.54) is 17.5 Å². The normalized spacial score (nSPS) is 16.1. The van der Waals surface area contributed by atoms with Crippen molar-refractivity contribution in [3.8, 4) is 11.6 Å². The lowest BCUT2D eigenvalue weighted by molar-refractivity contribution is -0.128. The molecule has 2 saturated heterocycles. The number of fused-ring (bicyclic) bond motifs is 1. The molecule has 0 atom stereocenters. The Hall–Kier alpha value is -3.44. The number of amides is 2. The van der Waals surface area contributed by atoms with E-state index >= 15 is 0 Å². The van der Waals surface area contributed by atoms with Crippen LogP contribution < -0.4 is 19.7 Å². The maximum atomic E-state index is 13.0. The van der Waals surface area contributed by atoms with Crippen LogP contribution in [0.15, 0.2) is 30.5 Å². The van der Waals surface area contributed by atoms with Crippen LogP contribution in [0.1, 0.15) is 23.2 Å². The molecule has 0 bridgehead atoms. The van der Waals surface area contributed by atoms with E-state index in [-0.39, 0.29) is 11.8 Å². The van der Waals surface area contributed by atoms with Crippen molar-refractivity contribution in [2.75, 3.05) is 63.3 Å². The SMILES string of the molecule is COc1ccc(N2CCOCC2)c2sc(NC(=O)c3ccnc(OCCN4CCCC4=O)c3)nc12. The van der Waals surface area contributed by atoms with E-state index < -0.39 is 0 Å². The zero-order valence-electron chi connectivity index (χ0n) is 19.5. The predicted octanol–water partition coefficient (Wildman–Crippen LogP) is 2.79. The highest BCUT2D eigenvalue weighted by molar-refractivity contribution is 7.23. The molecule has 0 aliphatic carbocycles. The molecule has 10 nitrogen and oxygen atoms in total. The maximum absolute atomic E-state index is 13.0. The van der Waals surface area contributed by atoms with Gasteiger partial charge in [0.1, 0.15) is 17.9 Å². The van der Waals surface area contributed by atoms with Gasteiger partial charge in [-0.05, 0) is 24.6 Å². The van der Waals surface area contributed by atoms with Gasteiger partial charge in [-0.2, -0.15) is 0 Å². The first-order valence-electron chi connectivity index (χ1n) is 11.6. The molecule has 0 unspecified atom stereocenters. The molecule has 2 aliphatic heterocycles. The summed E-state index contributed by atoms with van der Waals surface area (Å²) in [6, 6.07) is 7.15. The van der Waals surface area contributed by atoms with Crippen molar-refractivity contribution in [1.29, 1.82) is 0 Å². The van der Waals surface area contributed by atoms with E-state index in [2.05, 4.69) is 20.2 Å². The summed E-state index contributed by atoms with van der Waals surface area (Å²) >= 11 is 1.41. The minimum absolute atomic E-state index is 0.152. The molecule has 35 heavy (non-hydrogen) atoms. The molecular formula is C24H27N5O5S. The number of aromatic nitrogens is 2. The number of hydrogen-bond donors (Lipinski definition) is 1. The molecule has 5 rings (SSSR count). The van der Waals surface area contributed by atoms with Crippen LogP contribution in [0.2, 0.25) is 0 Å². The fourth-order valence-corrected chi connectivity index (χ4v) is 5.26. The number of anilines is 2. The number of nitrogens with one attached hydrogen (secondary N) is 1. The largest absolute Gasteiger partial charge is 0.494 e. The Labute approximate surface area is 206 Å². The zero-order chi connectivity index (χ0) is 24.2. The Morgan fingerprint density at radius 3 is 2.86 bits per heavy atom.